The molecule has 1 aliphatic heterocycles. The molecule has 196 valence electrons. The van der Waals surface area contributed by atoms with E-state index in [4.69, 9.17) is 18.9 Å². The van der Waals surface area contributed by atoms with Gasteiger partial charge < -0.3 is 23.8 Å². The number of nitriles is 1. The number of ether oxygens (including phenoxy) is 4. The number of carbonyl (C=O) groups excluding carboxylic acids is 1. The van der Waals surface area contributed by atoms with Crippen LogP contribution in [0.3, 0.4) is 0 Å². The van der Waals surface area contributed by atoms with Crippen molar-refractivity contribution >= 4 is 17.4 Å². The first-order valence-corrected chi connectivity index (χ1v) is 12.1. The van der Waals surface area contributed by atoms with Gasteiger partial charge in [0.2, 0.25) is 5.88 Å². The molecule has 0 saturated carbocycles. The Morgan fingerprint density at radius 3 is 2.50 bits per heavy atom. The van der Waals surface area contributed by atoms with E-state index < -0.39 is 5.97 Å². The summed E-state index contributed by atoms with van der Waals surface area (Å²) in [6, 6.07) is 18.3. The van der Waals surface area contributed by atoms with Crippen molar-refractivity contribution in [2.24, 2.45) is 0 Å². The van der Waals surface area contributed by atoms with Crippen molar-refractivity contribution in [2.45, 2.75) is 0 Å². The van der Waals surface area contributed by atoms with Gasteiger partial charge in [0.1, 0.15) is 41.9 Å². The minimum Gasteiger partial charge on any atom is -0.503 e. The highest BCUT2D eigenvalue weighted by molar-refractivity contribution is 6.17. The molecule has 1 saturated heterocycles. The van der Waals surface area contributed by atoms with Gasteiger partial charge >= 0.3 is 5.97 Å². The van der Waals surface area contributed by atoms with Crippen molar-refractivity contribution < 1.29 is 23.7 Å². The molecule has 10 nitrogen and oxygen atoms in total. The summed E-state index contributed by atoms with van der Waals surface area (Å²) in [5.41, 5.74) is 1.30. The average Bonchev–Trinajstić information content (AvgIpc) is 2.97. The van der Waals surface area contributed by atoms with Gasteiger partial charge in [0.25, 0.3) is 0 Å². The molecular weight excluding hydrogens is 486 g/mol. The van der Waals surface area contributed by atoms with E-state index in [9.17, 15) is 10.1 Å². The Labute approximate surface area is 221 Å². The van der Waals surface area contributed by atoms with Crippen LogP contribution in [0, 0.1) is 11.3 Å². The minimum absolute atomic E-state index is 0.232. The van der Waals surface area contributed by atoms with Crippen LogP contribution in [0.1, 0.15) is 11.1 Å². The van der Waals surface area contributed by atoms with Gasteiger partial charge in [-0.3, -0.25) is 4.90 Å². The lowest BCUT2D eigenvalue weighted by molar-refractivity contribution is -0.133. The number of hydrogen-bond acceptors (Lipinski definition) is 10. The van der Waals surface area contributed by atoms with E-state index in [0.29, 0.717) is 35.1 Å². The van der Waals surface area contributed by atoms with Gasteiger partial charge in [-0.05, 0) is 18.2 Å². The van der Waals surface area contributed by atoms with E-state index in [1.807, 2.05) is 24.3 Å². The molecular formula is C28H29N5O5. The van der Waals surface area contributed by atoms with Gasteiger partial charge in [0, 0.05) is 44.4 Å². The second-order valence-corrected chi connectivity index (χ2v) is 8.36. The second kappa shape index (κ2) is 13.1. The molecule has 0 N–H and O–H groups in total. The van der Waals surface area contributed by atoms with E-state index in [0.717, 1.165) is 38.5 Å². The van der Waals surface area contributed by atoms with E-state index >= 15 is 0 Å². The first-order chi connectivity index (χ1) is 18.6. The Morgan fingerprint density at radius 1 is 1.03 bits per heavy atom. The monoisotopic (exact) mass is 515 g/mol. The molecule has 0 unspecified atom stereocenters. The fraction of sp³-hybridized carbons (Fsp3) is 0.286. The van der Waals surface area contributed by atoms with Gasteiger partial charge in [0.15, 0.2) is 0 Å². The van der Waals surface area contributed by atoms with E-state index in [1.54, 1.807) is 30.3 Å². The first kappa shape index (κ1) is 26.4. The predicted molar refractivity (Wildman–Crippen MR) is 141 cm³/mol. The Balaban J connectivity index is 1.36. The predicted octanol–water partition coefficient (Wildman–Crippen LogP) is 3.50. The van der Waals surface area contributed by atoms with Crippen LogP contribution in [0.15, 0.2) is 67.2 Å². The zero-order valence-corrected chi connectivity index (χ0v) is 21.4. The number of nitrogens with zero attached hydrogens (tertiary/aromatic N) is 5. The van der Waals surface area contributed by atoms with Gasteiger partial charge in [-0.1, -0.05) is 30.3 Å². The molecule has 0 aliphatic carbocycles. The third-order valence-electron chi connectivity index (χ3n) is 6.03. The number of piperazine rings is 1. The molecule has 10 heteroatoms. The number of benzene rings is 2. The van der Waals surface area contributed by atoms with Gasteiger partial charge in [-0.15, -0.1) is 0 Å². The number of rotatable bonds is 10. The standard InChI is InChI=1S/C28H29N5O5/c1-35-19-23(28(34)36-2)22-8-4-6-10-25(22)38-27-17-26(30-20-31-27)33-13-11-32(12-14-33)15-16-37-24-9-5-3-7-21(24)18-29/h3-10,17,19-20H,11-16H2,1-2H3/b23-19-. The number of esters is 1. The van der Waals surface area contributed by atoms with Crippen molar-refractivity contribution in [3.63, 3.8) is 0 Å². The number of aromatic nitrogens is 2. The summed E-state index contributed by atoms with van der Waals surface area (Å²) in [5, 5.41) is 9.21. The largest absolute Gasteiger partial charge is 0.503 e. The van der Waals surface area contributed by atoms with E-state index in [-0.39, 0.29) is 5.57 Å². The van der Waals surface area contributed by atoms with E-state index in [1.165, 1.54) is 26.8 Å². The molecule has 1 aliphatic rings. The molecule has 0 spiro atoms. The number of anilines is 1. The highest BCUT2D eigenvalue weighted by atomic mass is 16.5. The summed E-state index contributed by atoms with van der Waals surface area (Å²) in [5.74, 6) is 1.63. The molecule has 0 bridgehead atoms. The normalized spacial score (nSPS) is 13.9. The Kier molecular flexibility index (Phi) is 9.10. The summed E-state index contributed by atoms with van der Waals surface area (Å²) in [4.78, 5) is 25.5. The molecule has 1 aromatic heterocycles. The third-order valence-corrected chi connectivity index (χ3v) is 6.03. The third kappa shape index (κ3) is 6.57. The molecule has 2 aromatic carbocycles. The van der Waals surface area contributed by atoms with Crippen LogP contribution in [0.4, 0.5) is 5.82 Å². The molecule has 1 fully saturated rings. The van der Waals surface area contributed by atoms with Crippen LogP contribution < -0.4 is 14.4 Å². The maximum absolute atomic E-state index is 12.3. The van der Waals surface area contributed by atoms with Crippen molar-refractivity contribution in [2.75, 3.05) is 58.5 Å². The van der Waals surface area contributed by atoms with Gasteiger partial charge in [-0.2, -0.15) is 5.26 Å². The topological polar surface area (TPSA) is 110 Å². The lowest BCUT2D eigenvalue weighted by atomic mass is 10.1. The molecule has 0 atom stereocenters. The molecule has 38 heavy (non-hydrogen) atoms. The SMILES string of the molecule is CO/C=C(\C(=O)OC)c1ccccc1Oc1cc(N2CCN(CCOc3ccccc3C#N)CC2)ncn1. The molecule has 3 aromatic rings. The maximum Gasteiger partial charge on any atom is 0.341 e. The fourth-order valence-electron chi connectivity index (χ4n) is 4.07. The van der Waals surface area contributed by atoms with Crippen LogP contribution >= 0.6 is 0 Å². The highest BCUT2D eigenvalue weighted by Gasteiger charge is 2.21. The van der Waals surface area contributed by atoms with E-state index in [2.05, 4.69) is 25.8 Å². The summed E-state index contributed by atoms with van der Waals surface area (Å²) in [7, 11) is 2.77. The zero-order valence-electron chi connectivity index (χ0n) is 21.4. The Bertz CT molecular complexity index is 1310. The summed E-state index contributed by atoms with van der Waals surface area (Å²) in [6.45, 7) is 4.53. The number of para-hydroxylation sites is 2. The van der Waals surface area contributed by atoms with Crippen molar-refractivity contribution in [1.82, 2.24) is 14.9 Å². The highest BCUT2D eigenvalue weighted by Crippen LogP contribution is 2.31. The Hall–Kier alpha value is -4.62. The molecule has 2 heterocycles. The maximum atomic E-state index is 12.3. The summed E-state index contributed by atoms with van der Waals surface area (Å²) < 4.78 is 21.9. The van der Waals surface area contributed by atoms with Crippen molar-refractivity contribution in [1.29, 1.82) is 5.26 Å². The Morgan fingerprint density at radius 2 is 1.76 bits per heavy atom. The van der Waals surface area contributed by atoms with Crippen LogP contribution in [0.5, 0.6) is 17.4 Å². The first-order valence-electron chi connectivity index (χ1n) is 12.1. The number of carbonyl (C=O) groups is 1. The van der Waals surface area contributed by atoms with Crippen molar-refractivity contribution in [3.8, 4) is 23.4 Å². The quantitative estimate of drug-likeness (QED) is 0.226. The number of hydrogen-bond donors (Lipinski definition) is 0. The van der Waals surface area contributed by atoms with Gasteiger partial charge in [0.05, 0.1) is 26.0 Å². The smallest absolute Gasteiger partial charge is 0.341 e. The molecule has 4 rings (SSSR count). The lowest BCUT2D eigenvalue weighted by Gasteiger charge is -2.35. The van der Waals surface area contributed by atoms with Crippen molar-refractivity contribution in [3.05, 3.63) is 78.3 Å². The van der Waals surface area contributed by atoms with Crippen LogP contribution in [-0.2, 0) is 14.3 Å². The zero-order chi connectivity index (χ0) is 26.7. The van der Waals surface area contributed by atoms with Crippen LogP contribution in [0.2, 0.25) is 0 Å². The summed E-state index contributed by atoms with van der Waals surface area (Å²) >= 11 is 0. The fourth-order valence-corrected chi connectivity index (χ4v) is 4.07. The number of methoxy groups -OCH3 is 2. The second-order valence-electron chi connectivity index (χ2n) is 8.36. The van der Waals surface area contributed by atoms with Gasteiger partial charge in [-0.25, -0.2) is 14.8 Å². The van der Waals surface area contributed by atoms with Crippen LogP contribution in [0.25, 0.3) is 5.57 Å². The molecule has 0 radical (unpaired) electrons. The molecule has 0 amide bonds. The average molecular weight is 516 g/mol. The summed E-state index contributed by atoms with van der Waals surface area (Å²) in [6.07, 6.45) is 2.79. The van der Waals surface area contributed by atoms with Crippen LogP contribution in [-0.4, -0.2) is 74.4 Å². The lowest BCUT2D eigenvalue weighted by Crippen LogP contribution is -2.47. The minimum atomic E-state index is -0.538.